The molecule has 0 saturated carbocycles. The molecule has 0 saturated heterocycles. The van der Waals surface area contributed by atoms with Crippen LogP contribution in [0.15, 0.2) is 18.2 Å². The van der Waals surface area contributed by atoms with Crippen LogP contribution in [0.1, 0.15) is 0 Å². The van der Waals surface area contributed by atoms with E-state index in [1.165, 1.54) is 0 Å². The number of nitrogens with one attached hydrogen (secondary N) is 1. The predicted molar refractivity (Wildman–Crippen MR) is 40.9 cm³/mol. The standard InChI is InChI=1S/C8H7F2NO/c9-6-1-2-7(10)8(5-6)11-3-4-12/h1-2,4-5,11H,3H2. The van der Waals surface area contributed by atoms with Gasteiger partial charge in [-0.1, -0.05) is 0 Å². The smallest absolute Gasteiger partial charge is 0.146 e. The maximum absolute atomic E-state index is 12.7. The fraction of sp³-hybridized carbons (Fsp3) is 0.125. The molecule has 1 N–H and O–H groups in total. The molecule has 0 radical (unpaired) electrons. The minimum absolute atomic E-state index is 0.00194. The van der Waals surface area contributed by atoms with Crippen molar-refractivity contribution in [1.82, 2.24) is 0 Å². The summed E-state index contributed by atoms with van der Waals surface area (Å²) in [5.41, 5.74) is 0.00194. The zero-order valence-corrected chi connectivity index (χ0v) is 6.18. The number of rotatable bonds is 3. The summed E-state index contributed by atoms with van der Waals surface area (Å²) in [5.74, 6) is -1.11. The molecule has 0 bridgehead atoms. The van der Waals surface area contributed by atoms with Crippen molar-refractivity contribution in [2.24, 2.45) is 0 Å². The van der Waals surface area contributed by atoms with Crippen molar-refractivity contribution in [2.75, 3.05) is 11.9 Å². The number of benzene rings is 1. The highest BCUT2D eigenvalue weighted by Gasteiger charge is 2.01. The first kappa shape index (κ1) is 8.64. The summed E-state index contributed by atoms with van der Waals surface area (Å²) in [6.45, 7) is -0.0274. The lowest BCUT2D eigenvalue weighted by Crippen LogP contribution is -2.04. The second-order valence-corrected chi connectivity index (χ2v) is 2.17. The molecule has 4 heteroatoms. The molecule has 0 unspecified atom stereocenters. The number of anilines is 1. The largest absolute Gasteiger partial charge is 0.376 e. The first-order valence-electron chi connectivity index (χ1n) is 3.36. The summed E-state index contributed by atoms with van der Waals surface area (Å²) in [7, 11) is 0. The molecular formula is C8H7F2NO. The third-order valence-corrected chi connectivity index (χ3v) is 1.30. The number of aldehydes is 1. The van der Waals surface area contributed by atoms with Crippen molar-refractivity contribution < 1.29 is 13.6 Å². The van der Waals surface area contributed by atoms with Crippen LogP contribution in [0.2, 0.25) is 0 Å². The van der Waals surface area contributed by atoms with Gasteiger partial charge in [-0.05, 0) is 18.2 Å². The minimum atomic E-state index is -0.571. The van der Waals surface area contributed by atoms with E-state index in [4.69, 9.17) is 0 Å². The van der Waals surface area contributed by atoms with E-state index in [9.17, 15) is 13.6 Å². The number of carbonyl (C=O) groups is 1. The van der Waals surface area contributed by atoms with Gasteiger partial charge in [0.05, 0.1) is 12.2 Å². The first-order valence-corrected chi connectivity index (χ1v) is 3.36. The Balaban J connectivity index is 2.82. The fourth-order valence-electron chi connectivity index (χ4n) is 0.785. The van der Waals surface area contributed by atoms with Crippen LogP contribution in [-0.2, 0) is 4.79 Å². The van der Waals surface area contributed by atoms with E-state index in [-0.39, 0.29) is 12.2 Å². The summed E-state index contributed by atoms with van der Waals surface area (Å²) in [6.07, 6.45) is 0.574. The van der Waals surface area contributed by atoms with Crippen LogP contribution in [0.5, 0.6) is 0 Å². The molecule has 0 aromatic heterocycles. The average molecular weight is 171 g/mol. The van der Waals surface area contributed by atoms with E-state index in [2.05, 4.69) is 5.32 Å². The Kier molecular flexibility index (Phi) is 2.74. The van der Waals surface area contributed by atoms with Gasteiger partial charge in [0, 0.05) is 0 Å². The van der Waals surface area contributed by atoms with Crippen molar-refractivity contribution >= 4 is 12.0 Å². The van der Waals surface area contributed by atoms with Crippen molar-refractivity contribution in [3.05, 3.63) is 29.8 Å². The van der Waals surface area contributed by atoms with Crippen LogP contribution < -0.4 is 5.32 Å². The van der Waals surface area contributed by atoms with Crippen molar-refractivity contribution in [1.29, 1.82) is 0 Å². The zero-order valence-electron chi connectivity index (χ0n) is 6.18. The molecule has 1 rings (SSSR count). The lowest BCUT2D eigenvalue weighted by Gasteiger charge is -2.02. The second-order valence-electron chi connectivity index (χ2n) is 2.17. The predicted octanol–water partition coefficient (Wildman–Crippen LogP) is 1.58. The third kappa shape index (κ3) is 2.02. The van der Waals surface area contributed by atoms with Crippen LogP contribution in [0.3, 0.4) is 0 Å². The molecule has 1 aromatic carbocycles. The number of halogens is 2. The van der Waals surface area contributed by atoms with E-state index in [0.29, 0.717) is 6.29 Å². The Morgan fingerprint density at radius 3 is 2.83 bits per heavy atom. The van der Waals surface area contributed by atoms with Crippen molar-refractivity contribution in [3.8, 4) is 0 Å². The number of carbonyl (C=O) groups excluding carboxylic acids is 1. The third-order valence-electron chi connectivity index (χ3n) is 1.30. The van der Waals surface area contributed by atoms with Gasteiger partial charge < -0.3 is 10.1 Å². The molecule has 0 atom stereocenters. The van der Waals surface area contributed by atoms with E-state index >= 15 is 0 Å². The SMILES string of the molecule is O=CCNc1cc(F)ccc1F. The van der Waals surface area contributed by atoms with Gasteiger partial charge >= 0.3 is 0 Å². The summed E-state index contributed by atoms with van der Waals surface area (Å²) >= 11 is 0. The van der Waals surface area contributed by atoms with Gasteiger partial charge in [0.2, 0.25) is 0 Å². The highest BCUT2D eigenvalue weighted by molar-refractivity contribution is 5.59. The van der Waals surface area contributed by atoms with E-state index < -0.39 is 11.6 Å². The van der Waals surface area contributed by atoms with Gasteiger partial charge in [-0.3, -0.25) is 0 Å². The maximum atomic E-state index is 12.7. The van der Waals surface area contributed by atoms with Crippen LogP contribution in [0, 0.1) is 11.6 Å². The molecule has 2 nitrogen and oxygen atoms in total. The van der Waals surface area contributed by atoms with Gasteiger partial charge in [0.15, 0.2) is 0 Å². The molecule has 0 aliphatic carbocycles. The molecule has 0 fully saturated rings. The summed E-state index contributed by atoms with van der Waals surface area (Å²) in [4.78, 5) is 9.90. The Bertz CT molecular complexity index is 288. The summed E-state index contributed by atoms with van der Waals surface area (Å²) in [6, 6.07) is 3.02. The van der Waals surface area contributed by atoms with Crippen LogP contribution in [0.25, 0.3) is 0 Å². The maximum Gasteiger partial charge on any atom is 0.146 e. The lowest BCUT2D eigenvalue weighted by molar-refractivity contribution is -0.106. The number of hydrogen-bond donors (Lipinski definition) is 1. The summed E-state index contributed by atoms with van der Waals surface area (Å²) < 4.78 is 25.2. The first-order chi connectivity index (χ1) is 5.74. The van der Waals surface area contributed by atoms with Gasteiger partial charge in [0.25, 0.3) is 0 Å². The Labute approximate surface area is 68.2 Å². The van der Waals surface area contributed by atoms with Crippen LogP contribution in [-0.4, -0.2) is 12.8 Å². The molecule has 0 aliphatic rings. The van der Waals surface area contributed by atoms with Gasteiger partial charge in [-0.2, -0.15) is 0 Å². The van der Waals surface area contributed by atoms with Gasteiger partial charge in [0.1, 0.15) is 17.9 Å². The fourth-order valence-corrected chi connectivity index (χ4v) is 0.785. The molecule has 12 heavy (non-hydrogen) atoms. The molecule has 0 aliphatic heterocycles. The van der Waals surface area contributed by atoms with Gasteiger partial charge in [-0.25, -0.2) is 8.78 Å². The van der Waals surface area contributed by atoms with Crippen molar-refractivity contribution in [3.63, 3.8) is 0 Å². The Morgan fingerprint density at radius 1 is 1.42 bits per heavy atom. The van der Waals surface area contributed by atoms with Crippen LogP contribution >= 0.6 is 0 Å². The molecular weight excluding hydrogens is 164 g/mol. The average Bonchev–Trinajstić information content (AvgIpc) is 2.07. The second kappa shape index (κ2) is 3.80. The molecule has 0 spiro atoms. The highest BCUT2D eigenvalue weighted by atomic mass is 19.1. The lowest BCUT2D eigenvalue weighted by atomic mass is 10.3. The Morgan fingerprint density at radius 2 is 2.17 bits per heavy atom. The van der Waals surface area contributed by atoms with E-state index in [0.717, 1.165) is 18.2 Å². The molecule has 1 aromatic rings. The quantitative estimate of drug-likeness (QED) is 0.699. The van der Waals surface area contributed by atoms with Crippen molar-refractivity contribution in [2.45, 2.75) is 0 Å². The zero-order chi connectivity index (χ0) is 8.97. The summed E-state index contributed by atoms with van der Waals surface area (Å²) in [5, 5.41) is 2.42. The monoisotopic (exact) mass is 171 g/mol. The van der Waals surface area contributed by atoms with E-state index in [1.54, 1.807) is 0 Å². The van der Waals surface area contributed by atoms with Gasteiger partial charge in [-0.15, -0.1) is 0 Å². The Hall–Kier alpha value is -1.45. The normalized spacial score (nSPS) is 9.50. The molecule has 0 amide bonds. The van der Waals surface area contributed by atoms with Crippen LogP contribution in [0.4, 0.5) is 14.5 Å². The topological polar surface area (TPSA) is 29.1 Å². The molecule has 64 valence electrons. The van der Waals surface area contributed by atoms with E-state index in [1.807, 2.05) is 0 Å². The number of hydrogen-bond acceptors (Lipinski definition) is 2. The highest BCUT2D eigenvalue weighted by Crippen LogP contribution is 2.14. The molecule has 0 heterocycles. The minimum Gasteiger partial charge on any atom is -0.376 e.